The van der Waals surface area contributed by atoms with Gasteiger partial charge in [0.1, 0.15) is 4.87 Å². The summed E-state index contributed by atoms with van der Waals surface area (Å²) in [7, 11) is 0. The lowest BCUT2D eigenvalue weighted by atomic mass is 9.86. The van der Waals surface area contributed by atoms with E-state index in [9.17, 15) is 4.79 Å². The minimum atomic E-state index is -1.05. The van der Waals surface area contributed by atoms with E-state index in [0.29, 0.717) is 6.42 Å². The zero-order chi connectivity index (χ0) is 10.5. The fourth-order valence-electron chi connectivity index (χ4n) is 1.32. The van der Waals surface area contributed by atoms with Gasteiger partial charge in [0.05, 0.1) is 0 Å². The summed E-state index contributed by atoms with van der Waals surface area (Å²) in [6.07, 6.45) is 3.23. The Hall–Kier alpha value is -0.240. The molecule has 13 heavy (non-hydrogen) atoms. The highest BCUT2D eigenvalue weighted by Crippen LogP contribution is 2.33. The maximum absolute atomic E-state index is 11.0. The highest BCUT2D eigenvalue weighted by molar-refractivity contribution is 6.33. The lowest BCUT2D eigenvalue weighted by Crippen LogP contribution is -2.39. The van der Waals surface area contributed by atoms with Crippen molar-refractivity contribution in [2.75, 3.05) is 0 Å². The largest absolute Gasteiger partial charge is 0.480 e. The van der Waals surface area contributed by atoms with E-state index < -0.39 is 10.8 Å². The Kier molecular flexibility index (Phi) is 5.38. The number of carbonyl (C=O) groups is 1. The van der Waals surface area contributed by atoms with Gasteiger partial charge in [0.15, 0.2) is 0 Å². The quantitative estimate of drug-likeness (QED) is 0.678. The molecule has 0 aliphatic carbocycles. The first kappa shape index (κ1) is 12.8. The molecule has 0 aliphatic heterocycles. The first-order valence-electron chi connectivity index (χ1n) is 4.91. The van der Waals surface area contributed by atoms with Crippen molar-refractivity contribution in [3.63, 3.8) is 0 Å². The van der Waals surface area contributed by atoms with Gasteiger partial charge in [-0.2, -0.15) is 0 Å². The Balaban J connectivity index is 4.42. The van der Waals surface area contributed by atoms with Gasteiger partial charge in [-0.15, -0.1) is 11.6 Å². The number of alkyl halides is 1. The Bertz CT molecular complexity index is 170. The van der Waals surface area contributed by atoms with Crippen molar-refractivity contribution in [1.82, 2.24) is 0 Å². The highest BCUT2D eigenvalue weighted by atomic mass is 35.5. The molecular formula is C10H19ClO2. The van der Waals surface area contributed by atoms with E-state index in [4.69, 9.17) is 16.7 Å². The Morgan fingerprint density at radius 3 is 2.38 bits per heavy atom. The van der Waals surface area contributed by atoms with Gasteiger partial charge in [0.2, 0.25) is 0 Å². The van der Waals surface area contributed by atoms with E-state index in [1.807, 2.05) is 20.8 Å². The summed E-state index contributed by atoms with van der Waals surface area (Å²) in [4.78, 5) is 9.94. The van der Waals surface area contributed by atoms with Crippen LogP contribution in [0, 0.1) is 5.92 Å². The molecule has 0 heterocycles. The average molecular weight is 207 g/mol. The zero-order valence-corrected chi connectivity index (χ0v) is 9.40. The van der Waals surface area contributed by atoms with Crippen LogP contribution >= 0.6 is 11.6 Å². The molecule has 0 spiro atoms. The van der Waals surface area contributed by atoms with Gasteiger partial charge in [-0.05, 0) is 12.3 Å². The summed E-state index contributed by atoms with van der Waals surface area (Å²) in [5.41, 5.74) is 0. The van der Waals surface area contributed by atoms with Crippen molar-refractivity contribution in [3.05, 3.63) is 0 Å². The van der Waals surface area contributed by atoms with Crippen LogP contribution in [0.3, 0.4) is 0 Å². The van der Waals surface area contributed by atoms with Crippen molar-refractivity contribution in [2.24, 2.45) is 5.92 Å². The molecule has 0 amide bonds. The van der Waals surface area contributed by atoms with E-state index >= 15 is 0 Å². The molecule has 2 atom stereocenters. The third kappa shape index (κ3) is 3.18. The third-order valence-electron chi connectivity index (χ3n) is 2.64. The Labute approximate surface area is 85.3 Å². The predicted molar refractivity (Wildman–Crippen MR) is 55.2 cm³/mol. The molecule has 0 rings (SSSR count). The second-order valence-corrected chi connectivity index (χ2v) is 4.25. The van der Waals surface area contributed by atoms with Crippen molar-refractivity contribution in [3.8, 4) is 0 Å². The molecule has 1 unspecified atom stereocenters. The van der Waals surface area contributed by atoms with E-state index in [0.717, 1.165) is 19.3 Å². The van der Waals surface area contributed by atoms with Gasteiger partial charge < -0.3 is 5.11 Å². The van der Waals surface area contributed by atoms with E-state index in [1.54, 1.807) is 0 Å². The molecule has 0 aromatic carbocycles. The van der Waals surface area contributed by atoms with Gasteiger partial charge >= 0.3 is 5.97 Å². The molecule has 0 aliphatic rings. The summed E-state index contributed by atoms with van der Waals surface area (Å²) in [5, 5.41) is 9.03. The van der Waals surface area contributed by atoms with E-state index in [1.165, 1.54) is 0 Å². The molecule has 78 valence electrons. The average Bonchev–Trinajstić information content (AvgIpc) is 2.12. The van der Waals surface area contributed by atoms with Crippen LogP contribution in [0.1, 0.15) is 46.5 Å². The monoisotopic (exact) mass is 206 g/mol. The number of halogens is 1. The number of rotatable bonds is 6. The van der Waals surface area contributed by atoms with Crippen LogP contribution in [0.2, 0.25) is 0 Å². The number of hydrogen-bond acceptors (Lipinski definition) is 1. The van der Waals surface area contributed by atoms with Crippen LogP contribution in [0.25, 0.3) is 0 Å². The lowest BCUT2D eigenvalue weighted by Gasteiger charge is -2.28. The van der Waals surface area contributed by atoms with Gasteiger partial charge in [0, 0.05) is 0 Å². The molecule has 0 radical (unpaired) electrons. The number of hydrogen-bond donors (Lipinski definition) is 1. The molecular weight excluding hydrogens is 188 g/mol. The zero-order valence-electron chi connectivity index (χ0n) is 8.64. The molecule has 0 saturated carbocycles. The lowest BCUT2D eigenvalue weighted by molar-refractivity contribution is -0.142. The highest BCUT2D eigenvalue weighted by Gasteiger charge is 2.40. The second kappa shape index (κ2) is 5.48. The SMILES string of the molecule is CCCC[C@](Cl)(C(=O)O)C(C)CC. The maximum Gasteiger partial charge on any atom is 0.325 e. The topological polar surface area (TPSA) is 37.3 Å². The molecule has 0 aromatic rings. The molecule has 0 fully saturated rings. The van der Waals surface area contributed by atoms with Crippen LogP contribution < -0.4 is 0 Å². The Morgan fingerprint density at radius 1 is 1.54 bits per heavy atom. The van der Waals surface area contributed by atoms with Crippen LogP contribution in [-0.2, 0) is 4.79 Å². The first-order chi connectivity index (χ1) is 5.99. The standard InChI is InChI=1S/C10H19ClO2/c1-4-6-7-10(11,9(12)13)8(3)5-2/h8H,4-7H2,1-3H3,(H,12,13)/t8?,10-/m1/s1. The van der Waals surface area contributed by atoms with E-state index in [2.05, 4.69) is 0 Å². The van der Waals surface area contributed by atoms with Gasteiger partial charge in [-0.25, -0.2) is 0 Å². The summed E-state index contributed by atoms with van der Waals surface area (Å²) in [5.74, 6) is -0.852. The molecule has 1 N–H and O–H groups in total. The van der Waals surface area contributed by atoms with Gasteiger partial charge in [-0.3, -0.25) is 4.79 Å². The maximum atomic E-state index is 11.0. The predicted octanol–water partition coefficient (Wildman–Crippen LogP) is 3.28. The normalized spacial score (nSPS) is 17.8. The number of carboxylic acid groups (broad SMARTS) is 1. The number of unbranched alkanes of at least 4 members (excludes halogenated alkanes) is 1. The van der Waals surface area contributed by atoms with Gasteiger partial charge in [0.25, 0.3) is 0 Å². The summed E-state index contributed by atoms with van der Waals surface area (Å²) in [6, 6.07) is 0. The van der Waals surface area contributed by atoms with Crippen molar-refractivity contribution < 1.29 is 9.90 Å². The van der Waals surface area contributed by atoms with Gasteiger partial charge in [-0.1, -0.05) is 40.0 Å². The molecule has 3 heteroatoms. The Morgan fingerprint density at radius 2 is 2.08 bits per heavy atom. The minimum Gasteiger partial charge on any atom is -0.480 e. The first-order valence-corrected chi connectivity index (χ1v) is 5.29. The number of aliphatic carboxylic acids is 1. The molecule has 2 nitrogen and oxygen atoms in total. The molecule has 0 bridgehead atoms. The smallest absolute Gasteiger partial charge is 0.325 e. The van der Waals surface area contributed by atoms with Crippen LogP contribution in [0.5, 0.6) is 0 Å². The van der Waals surface area contributed by atoms with Crippen LogP contribution in [0.15, 0.2) is 0 Å². The minimum absolute atomic E-state index is 0.0261. The van der Waals surface area contributed by atoms with E-state index in [-0.39, 0.29) is 5.92 Å². The second-order valence-electron chi connectivity index (χ2n) is 3.58. The summed E-state index contributed by atoms with van der Waals surface area (Å²) >= 11 is 6.10. The fourth-order valence-corrected chi connectivity index (χ4v) is 1.61. The summed E-state index contributed by atoms with van der Waals surface area (Å²) in [6.45, 7) is 5.91. The molecule has 0 saturated heterocycles. The van der Waals surface area contributed by atoms with Crippen molar-refractivity contribution in [1.29, 1.82) is 0 Å². The third-order valence-corrected chi connectivity index (χ3v) is 3.37. The van der Waals surface area contributed by atoms with Crippen LogP contribution in [-0.4, -0.2) is 16.0 Å². The fraction of sp³-hybridized carbons (Fsp3) is 0.900. The summed E-state index contributed by atoms with van der Waals surface area (Å²) < 4.78 is 0. The molecule has 0 aromatic heterocycles. The van der Waals surface area contributed by atoms with Crippen molar-refractivity contribution >= 4 is 17.6 Å². The van der Waals surface area contributed by atoms with Crippen molar-refractivity contribution in [2.45, 2.75) is 51.3 Å². The van der Waals surface area contributed by atoms with Crippen LogP contribution in [0.4, 0.5) is 0 Å². The number of carboxylic acids is 1.